The van der Waals surface area contributed by atoms with Gasteiger partial charge in [0, 0.05) is 17.0 Å². The average molecular weight is 324 g/mol. The Morgan fingerprint density at radius 3 is 2.39 bits per heavy atom. The molecule has 1 aromatic carbocycles. The first-order valence-electron chi connectivity index (χ1n) is 6.14. The summed E-state index contributed by atoms with van der Waals surface area (Å²) in [6, 6.07) is 13.6. The van der Waals surface area contributed by atoms with Gasteiger partial charge in [0.15, 0.2) is 0 Å². The molecule has 2 aromatic rings. The van der Waals surface area contributed by atoms with Gasteiger partial charge in [0.25, 0.3) is 0 Å². The summed E-state index contributed by atoms with van der Waals surface area (Å²) in [6.07, 6.45) is 0. The number of thiophene rings is 1. The molecule has 0 aliphatic rings. The summed E-state index contributed by atoms with van der Waals surface area (Å²) in [7, 11) is 0. The summed E-state index contributed by atoms with van der Waals surface area (Å²) < 4.78 is 1.19. The topological polar surface area (TPSA) is 12.0 Å². The van der Waals surface area contributed by atoms with Crippen LogP contribution in [0, 0.1) is 6.92 Å². The van der Waals surface area contributed by atoms with E-state index in [0.717, 1.165) is 0 Å². The molecule has 0 saturated carbocycles. The fourth-order valence-electron chi connectivity index (χ4n) is 2.18. The second-order valence-corrected chi connectivity index (χ2v) is 7.10. The maximum Gasteiger partial charge on any atom is 0.0701 e. The molecule has 0 radical (unpaired) electrons. The highest BCUT2D eigenvalue weighted by atomic mass is 79.9. The Morgan fingerprint density at radius 1 is 1.06 bits per heavy atom. The molecule has 1 unspecified atom stereocenters. The fourth-order valence-corrected chi connectivity index (χ4v) is 3.62. The zero-order valence-electron chi connectivity index (χ0n) is 10.9. The Kier molecular flexibility index (Phi) is 4.60. The monoisotopic (exact) mass is 323 g/mol. The Hall–Kier alpha value is -0.640. The highest BCUT2D eigenvalue weighted by Crippen LogP contribution is 2.29. The lowest BCUT2D eigenvalue weighted by molar-refractivity contribution is 0.498. The number of rotatable bonds is 4. The minimum absolute atomic E-state index is 0.363. The van der Waals surface area contributed by atoms with E-state index >= 15 is 0 Å². The van der Waals surface area contributed by atoms with Crippen LogP contribution in [0.1, 0.15) is 41.9 Å². The third-order valence-electron chi connectivity index (χ3n) is 3.18. The lowest BCUT2D eigenvalue weighted by atomic mass is 10.0. The van der Waals surface area contributed by atoms with Crippen LogP contribution in [0.5, 0.6) is 0 Å². The number of aryl methyl sites for hydroxylation is 1. The van der Waals surface area contributed by atoms with Gasteiger partial charge < -0.3 is 5.32 Å². The van der Waals surface area contributed by atoms with Crippen LogP contribution in [0.4, 0.5) is 0 Å². The highest BCUT2D eigenvalue weighted by molar-refractivity contribution is 9.11. The van der Waals surface area contributed by atoms with Gasteiger partial charge in [-0.25, -0.2) is 0 Å². The molecule has 3 heteroatoms. The van der Waals surface area contributed by atoms with Crippen LogP contribution in [0.2, 0.25) is 0 Å². The first-order valence-corrected chi connectivity index (χ1v) is 7.75. The predicted octanol–water partition coefficient (Wildman–Crippen LogP) is 5.23. The van der Waals surface area contributed by atoms with Crippen LogP contribution in [0.3, 0.4) is 0 Å². The van der Waals surface area contributed by atoms with E-state index in [1.54, 1.807) is 11.3 Å². The van der Waals surface area contributed by atoms with Gasteiger partial charge in [-0.05, 0) is 60.0 Å². The van der Waals surface area contributed by atoms with Crippen molar-refractivity contribution in [3.05, 3.63) is 56.2 Å². The van der Waals surface area contributed by atoms with E-state index in [-0.39, 0.29) is 0 Å². The summed E-state index contributed by atoms with van der Waals surface area (Å²) >= 11 is 5.31. The predicted molar refractivity (Wildman–Crippen MR) is 83.2 cm³/mol. The minimum atomic E-state index is 0.363. The summed E-state index contributed by atoms with van der Waals surface area (Å²) in [5, 5.41) is 3.66. The molecule has 0 saturated heterocycles. The fraction of sp³-hybridized carbons (Fsp3) is 0.333. The average Bonchev–Trinajstić information content (AvgIpc) is 2.76. The molecule has 2 atom stereocenters. The van der Waals surface area contributed by atoms with Crippen LogP contribution in [-0.2, 0) is 0 Å². The first-order chi connectivity index (χ1) is 8.58. The van der Waals surface area contributed by atoms with Gasteiger partial charge in [-0.15, -0.1) is 11.3 Å². The van der Waals surface area contributed by atoms with Crippen LogP contribution in [0.15, 0.2) is 40.2 Å². The van der Waals surface area contributed by atoms with Crippen LogP contribution >= 0.6 is 27.3 Å². The highest BCUT2D eigenvalue weighted by Gasteiger charge is 2.13. The van der Waals surface area contributed by atoms with Crippen molar-refractivity contribution in [2.75, 3.05) is 0 Å². The molecule has 0 amide bonds. The van der Waals surface area contributed by atoms with Crippen LogP contribution in [-0.4, -0.2) is 0 Å². The van der Waals surface area contributed by atoms with Gasteiger partial charge in [-0.3, -0.25) is 0 Å². The van der Waals surface area contributed by atoms with Crippen molar-refractivity contribution < 1.29 is 0 Å². The molecule has 0 bridgehead atoms. The Balaban J connectivity index is 2.08. The maximum absolute atomic E-state index is 3.66. The maximum atomic E-state index is 3.66. The van der Waals surface area contributed by atoms with Crippen molar-refractivity contribution in [2.45, 2.75) is 32.9 Å². The van der Waals surface area contributed by atoms with Crippen molar-refractivity contribution in [3.63, 3.8) is 0 Å². The van der Waals surface area contributed by atoms with Crippen molar-refractivity contribution in [1.29, 1.82) is 0 Å². The number of hydrogen-bond acceptors (Lipinski definition) is 2. The lowest BCUT2D eigenvalue weighted by Gasteiger charge is -2.21. The molecule has 1 heterocycles. The molecule has 1 aromatic heterocycles. The van der Waals surface area contributed by atoms with Gasteiger partial charge in [0.2, 0.25) is 0 Å². The van der Waals surface area contributed by atoms with Crippen LogP contribution in [0.25, 0.3) is 0 Å². The molecule has 96 valence electrons. The Labute approximate surface area is 121 Å². The SMILES string of the molecule is Cc1ccccc1[C@@H](C)NC(C)c1ccc(Br)s1. The number of hydrogen-bond donors (Lipinski definition) is 1. The molecule has 2 rings (SSSR count). The zero-order valence-corrected chi connectivity index (χ0v) is 13.3. The molecule has 0 aliphatic carbocycles. The third kappa shape index (κ3) is 3.22. The summed E-state index contributed by atoms with van der Waals surface area (Å²) in [6.45, 7) is 6.61. The largest absolute Gasteiger partial charge is 0.303 e. The molecule has 18 heavy (non-hydrogen) atoms. The second kappa shape index (κ2) is 6.00. The number of halogens is 1. The zero-order chi connectivity index (χ0) is 13.1. The third-order valence-corrected chi connectivity index (χ3v) is 4.98. The van der Waals surface area contributed by atoms with Gasteiger partial charge >= 0.3 is 0 Å². The summed E-state index contributed by atoms with van der Waals surface area (Å²) in [5.41, 5.74) is 2.72. The van der Waals surface area contributed by atoms with Gasteiger partial charge in [0.05, 0.1) is 3.79 Å². The van der Waals surface area contributed by atoms with Gasteiger partial charge in [-0.2, -0.15) is 0 Å². The normalized spacial score (nSPS) is 14.4. The summed E-state index contributed by atoms with van der Waals surface area (Å²) in [4.78, 5) is 1.36. The molecule has 0 fully saturated rings. The minimum Gasteiger partial charge on any atom is -0.303 e. The van der Waals surface area contributed by atoms with E-state index in [4.69, 9.17) is 0 Å². The van der Waals surface area contributed by atoms with E-state index in [1.807, 2.05) is 0 Å². The van der Waals surface area contributed by atoms with Crippen molar-refractivity contribution in [3.8, 4) is 0 Å². The van der Waals surface area contributed by atoms with E-state index < -0.39 is 0 Å². The molecule has 0 aliphatic heterocycles. The second-order valence-electron chi connectivity index (χ2n) is 4.61. The van der Waals surface area contributed by atoms with Crippen LogP contribution < -0.4 is 5.32 Å². The standard InChI is InChI=1S/C15H18BrNS/c1-10-6-4-5-7-13(10)11(2)17-12(3)14-8-9-15(16)18-14/h4-9,11-12,17H,1-3H3/t11-,12?/m1/s1. The number of benzene rings is 1. The molecular formula is C15H18BrNS. The van der Waals surface area contributed by atoms with Crippen molar-refractivity contribution in [1.82, 2.24) is 5.32 Å². The smallest absolute Gasteiger partial charge is 0.0701 e. The van der Waals surface area contributed by atoms with E-state index in [2.05, 4.69) is 78.4 Å². The van der Waals surface area contributed by atoms with E-state index in [9.17, 15) is 0 Å². The van der Waals surface area contributed by atoms with Gasteiger partial charge in [-0.1, -0.05) is 24.3 Å². The first kappa shape index (κ1) is 13.8. The molecular weight excluding hydrogens is 306 g/mol. The van der Waals surface area contributed by atoms with Gasteiger partial charge in [0.1, 0.15) is 0 Å². The quantitative estimate of drug-likeness (QED) is 0.812. The van der Waals surface area contributed by atoms with E-state index in [1.165, 1.54) is 19.8 Å². The Bertz CT molecular complexity index is 521. The number of nitrogens with one attached hydrogen (secondary N) is 1. The van der Waals surface area contributed by atoms with E-state index in [0.29, 0.717) is 12.1 Å². The van der Waals surface area contributed by atoms with Crippen molar-refractivity contribution in [2.24, 2.45) is 0 Å². The van der Waals surface area contributed by atoms with Crippen molar-refractivity contribution >= 4 is 27.3 Å². The Morgan fingerprint density at radius 2 is 1.78 bits per heavy atom. The molecule has 1 nitrogen and oxygen atoms in total. The summed E-state index contributed by atoms with van der Waals surface area (Å²) in [5.74, 6) is 0. The lowest BCUT2D eigenvalue weighted by Crippen LogP contribution is -2.22. The molecule has 1 N–H and O–H groups in total. The molecule has 0 spiro atoms.